The number of ether oxygens (including phenoxy) is 1. The summed E-state index contributed by atoms with van der Waals surface area (Å²) in [7, 11) is 1.11. The molecule has 0 atom stereocenters. The van der Waals surface area contributed by atoms with Gasteiger partial charge in [-0.05, 0) is 17.2 Å². The van der Waals surface area contributed by atoms with Gasteiger partial charge in [0, 0.05) is 0 Å². The summed E-state index contributed by atoms with van der Waals surface area (Å²) in [6.07, 6.45) is 3.77. The molecule has 100 valence electrons. The van der Waals surface area contributed by atoms with Crippen molar-refractivity contribution in [3.63, 3.8) is 0 Å². The Kier molecular flexibility index (Phi) is 5.17. The van der Waals surface area contributed by atoms with Crippen LogP contribution in [0.15, 0.2) is 42.5 Å². The van der Waals surface area contributed by atoms with E-state index in [9.17, 15) is 9.13 Å². The summed E-state index contributed by atoms with van der Waals surface area (Å²) >= 11 is 0. The van der Waals surface area contributed by atoms with Crippen LogP contribution in [0.5, 0.6) is 5.75 Å². The topological polar surface area (TPSA) is 43.4 Å². The molecule has 0 radical (unpaired) electrons. The third-order valence-corrected chi connectivity index (χ3v) is 4.27. The molecule has 20 heavy (non-hydrogen) atoms. The van der Waals surface area contributed by atoms with E-state index in [0.29, 0.717) is 16.4 Å². The van der Waals surface area contributed by atoms with Crippen LogP contribution in [0.3, 0.4) is 0 Å². The van der Waals surface area contributed by atoms with E-state index in [0.717, 1.165) is 11.1 Å². The highest BCUT2D eigenvalue weighted by atomic mass is 31.1. The Hall–Kier alpha value is -1.82. The summed E-state index contributed by atoms with van der Waals surface area (Å²) in [4.78, 5) is 0. The van der Waals surface area contributed by atoms with Gasteiger partial charge in [-0.3, -0.25) is 9.13 Å². The van der Waals surface area contributed by atoms with Gasteiger partial charge in [0.15, 0.2) is 16.9 Å². The van der Waals surface area contributed by atoms with Crippen molar-refractivity contribution in [3.8, 4) is 5.75 Å². The number of hydrogen-bond donors (Lipinski definition) is 0. The van der Waals surface area contributed by atoms with Gasteiger partial charge in [0.05, 0.1) is 12.4 Å². The second kappa shape index (κ2) is 7.09. The molecule has 0 saturated heterocycles. The Morgan fingerprint density at radius 3 is 2.20 bits per heavy atom. The molecule has 2 aromatic carbocycles. The van der Waals surface area contributed by atoms with Crippen LogP contribution in [0, 0.1) is 0 Å². The molecule has 5 heteroatoms. The first-order chi connectivity index (χ1) is 9.80. The molecule has 0 aromatic heterocycles. The second-order valence-electron chi connectivity index (χ2n) is 3.98. The van der Waals surface area contributed by atoms with Crippen molar-refractivity contribution in [1.82, 2.24) is 0 Å². The Bertz CT molecular complexity index is 652. The first-order valence-corrected chi connectivity index (χ1v) is 7.53. The maximum absolute atomic E-state index is 11.4. The highest BCUT2D eigenvalue weighted by Crippen LogP contribution is 2.18. The summed E-state index contributed by atoms with van der Waals surface area (Å²) in [5.41, 5.74) is 1.79. The predicted molar refractivity (Wildman–Crippen MR) is 82.8 cm³/mol. The van der Waals surface area contributed by atoms with Crippen molar-refractivity contribution >= 4 is 39.7 Å². The van der Waals surface area contributed by atoms with E-state index in [1.165, 1.54) is 7.11 Å². The lowest BCUT2D eigenvalue weighted by Gasteiger charge is -2.06. The van der Waals surface area contributed by atoms with E-state index in [1.807, 2.05) is 42.5 Å². The van der Waals surface area contributed by atoms with Crippen LogP contribution in [0.2, 0.25) is 0 Å². The largest absolute Gasteiger partial charge is 0.496 e. The smallest absolute Gasteiger partial charge is 0.197 e. The molecule has 0 bridgehead atoms. The maximum Gasteiger partial charge on any atom is 0.197 e. The highest BCUT2D eigenvalue weighted by Gasteiger charge is 2.13. The third-order valence-electron chi connectivity index (χ3n) is 2.80. The fraction of sp³-hybridized carbons (Fsp3) is 0.0667. The van der Waals surface area contributed by atoms with Crippen molar-refractivity contribution in [2.24, 2.45) is 0 Å². The minimum Gasteiger partial charge on any atom is -0.496 e. The summed E-state index contributed by atoms with van der Waals surface area (Å²) in [5.74, 6) is 0.469. The first-order valence-electron chi connectivity index (χ1n) is 5.91. The van der Waals surface area contributed by atoms with E-state index in [4.69, 9.17) is 4.74 Å². The van der Waals surface area contributed by atoms with Crippen LogP contribution >= 0.6 is 16.9 Å². The summed E-state index contributed by atoms with van der Waals surface area (Å²) in [6, 6.07) is 13.3. The van der Waals surface area contributed by atoms with Crippen LogP contribution in [0.1, 0.15) is 11.1 Å². The minimum atomic E-state index is -0.208. The monoisotopic (exact) mass is 302 g/mol. The van der Waals surface area contributed by atoms with Gasteiger partial charge in [0.25, 0.3) is 0 Å². The second-order valence-corrected chi connectivity index (χ2v) is 5.24. The van der Waals surface area contributed by atoms with Gasteiger partial charge < -0.3 is 4.74 Å². The van der Waals surface area contributed by atoms with Crippen molar-refractivity contribution in [3.05, 3.63) is 53.6 Å². The zero-order chi connectivity index (χ0) is 14.4. The minimum absolute atomic E-state index is 0.182. The van der Waals surface area contributed by atoms with Crippen LogP contribution < -0.4 is 15.3 Å². The molecule has 0 aliphatic heterocycles. The molecule has 0 spiro atoms. The van der Waals surface area contributed by atoms with Gasteiger partial charge in [0.1, 0.15) is 11.1 Å². The van der Waals surface area contributed by atoms with Crippen LogP contribution in [-0.2, 0) is 9.13 Å². The lowest BCUT2D eigenvalue weighted by atomic mass is 10.1. The van der Waals surface area contributed by atoms with Crippen LogP contribution in [-0.4, -0.2) is 7.11 Å². The van der Waals surface area contributed by atoms with Gasteiger partial charge in [0.2, 0.25) is 0 Å². The lowest BCUT2D eigenvalue weighted by molar-refractivity contribution is 0.418. The summed E-state index contributed by atoms with van der Waals surface area (Å²) < 4.78 is 27.7. The molecule has 0 amide bonds. The molecular formula is C15H12O3P2. The quantitative estimate of drug-likeness (QED) is 0.625. The van der Waals surface area contributed by atoms with Crippen LogP contribution in [0.25, 0.3) is 12.2 Å². The molecular weight excluding hydrogens is 290 g/mol. The van der Waals surface area contributed by atoms with Gasteiger partial charge >= 0.3 is 0 Å². The predicted octanol–water partition coefficient (Wildman–Crippen LogP) is 3.70. The fourth-order valence-corrected chi connectivity index (χ4v) is 2.98. The standard InChI is InChI=1S/C15H12O3P2/c1-18-13-10-9-12(14(19-16)15(13)20-17)8-7-11-5-3-2-4-6-11/h2-10H,1H3/b8-7-. The van der Waals surface area contributed by atoms with E-state index in [2.05, 4.69) is 0 Å². The number of benzene rings is 2. The normalized spacial score (nSPS) is 11.2. The van der Waals surface area contributed by atoms with Gasteiger partial charge in [-0.1, -0.05) is 48.6 Å². The lowest BCUT2D eigenvalue weighted by Crippen LogP contribution is -2.18. The molecule has 0 heterocycles. The Morgan fingerprint density at radius 2 is 1.60 bits per heavy atom. The first kappa shape index (κ1) is 14.6. The molecule has 2 aromatic rings. The summed E-state index contributed by atoms with van der Waals surface area (Å²) in [6.45, 7) is 0. The van der Waals surface area contributed by atoms with E-state index >= 15 is 0 Å². The number of rotatable bonds is 5. The molecule has 0 fully saturated rings. The maximum atomic E-state index is 11.4. The molecule has 3 nitrogen and oxygen atoms in total. The Balaban J connectivity index is 2.45. The highest BCUT2D eigenvalue weighted by molar-refractivity contribution is 7.42. The Morgan fingerprint density at radius 1 is 0.900 bits per heavy atom. The van der Waals surface area contributed by atoms with Crippen molar-refractivity contribution < 1.29 is 13.9 Å². The molecule has 0 saturated carbocycles. The van der Waals surface area contributed by atoms with Crippen molar-refractivity contribution in [2.75, 3.05) is 7.11 Å². The zero-order valence-corrected chi connectivity index (χ0v) is 12.6. The van der Waals surface area contributed by atoms with Crippen molar-refractivity contribution in [2.45, 2.75) is 0 Å². The van der Waals surface area contributed by atoms with E-state index in [-0.39, 0.29) is 16.9 Å². The summed E-state index contributed by atoms with van der Waals surface area (Å²) in [5, 5.41) is 0.896. The third kappa shape index (κ3) is 3.19. The molecule has 0 N–H and O–H groups in total. The molecule has 0 aliphatic carbocycles. The SMILES string of the molecule is COc1ccc(/C=C\c2ccccc2)c(P=O)c1P=O. The molecule has 0 aliphatic rings. The zero-order valence-electron chi connectivity index (χ0n) is 10.8. The van der Waals surface area contributed by atoms with E-state index in [1.54, 1.807) is 12.1 Å². The average Bonchev–Trinajstić information content (AvgIpc) is 2.52. The average molecular weight is 302 g/mol. The fourth-order valence-electron chi connectivity index (χ4n) is 1.81. The van der Waals surface area contributed by atoms with Crippen LogP contribution in [0.4, 0.5) is 0 Å². The van der Waals surface area contributed by atoms with Gasteiger partial charge in [-0.2, -0.15) is 0 Å². The van der Waals surface area contributed by atoms with E-state index < -0.39 is 0 Å². The number of methoxy groups -OCH3 is 1. The van der Waals surface area contributed by atoms with Gasteiger partial charge in [-0.15, -0.1) is 0 Å². The van der Waals surface area contributed by atoms with Gasteiger partial charge in [-0.25, -0.2) is 0 Å². The number of hydrogen-bond acceptors (Lipinski definition) is 3. The van der Waals surface area contributed by atoms with Crippen molar-refractivity contribution in [1.29, 1.82) is 0 Å². The Labute approximate surface area is 120 Å². The molecule has 2 rings (SSSR count). The molecule has 0 unspecified atom stereocenters.